The highest BCUT2D eigenvalue weighted by Gasteiger charge is 2.35. The summed E-state index contributed by atoms with van der Waals surface area (Å²) in [5.74, 6) is 1.92. The molecule has 0 aliphatic carbocycles. The average Bonchev–Trinajstić information content (AvgIpc) is 3.36. The molecule has 0 bridgehead atoms. The molecule has 0 saturated carbocycles. The van der Waals surface area contributed by atoms with Crippen molar-refractivity contribution >= 4 is 72.0 Å². The van der Waals surface area contributed by atoms with E-state index in [1.54, 1.807) is 0 Å². The van der Waals surface area contributed by atoms with Crippen LogP contribution in [0, 0.1) is 0 Å². The Kier molecular flexibility index (Phi) is 9.27. The van der Waals surface area contributed by atoms with E-state index in [-0.39, 0.29) is 0 Å². The molecule has 12 rings (SSSR count). The number of hydrogen-bond acceptors (Lipinski definition) is 3. The summed E-state index contributed by atoms with van der Waals surface area (Å²) < 4.78 is 21.9. The van der Waals surface area contributed by atoms with Crippen LogP contribution in [0.15, 0.2) is 237 Å². The van der Waals surface area contributed by atoms with E-state index in [2.05, 4.69) is 237 Å². The fraction of sp³-hybridized carbons (Fsp3) is 0. The second kappa shape index (κ2) is 15.8. The van der Waals surface area contributed by atoms with Crippen molar-refractivity contribution < 1.29 is 14.0 Å². The van der Waals surface area contributed by atoms with Crippen LogP contribution in [0.25, 0.3) is 98.0 Å². The molecule has 0 atom stereocenters. The lowest BCUT2D eigenvalue weighted by Gasteiger charge is -2.24. The molecule has 0 amide bonds. The van der Waals surface area contributed by atoms with Crippen molar-refractivity contribution in [3.63, 3.8) is 0 Å². The zero-order chi connectivity index (χ0) is 42.4. The molecule has 64 heavy (non-hydrogen) atoms. The molecule has 12 aromatic carbocycles. The van der Waals surface area contributed by atoms with Crippen LogP contribution in [0.3, 0.4) is 0 Å². The monoisotopic (exact) mass is 818 g/mol. The van der Waals surface area contributed by atoms with Gasteiger partial charge in [-0.05, 0) is 99.5 Å². The average molecular weight is 819 g/mol. The molecule has 12 aromatic rings. The topological polar surface area (TPSA) is 27.7 Å². The summed E-state index contributed by atoms with van der Waals surface area (Å²) >= 11 is 0. The summed E-state index contributed by atoms with van der Waals surface area (Å²) in [5.41, 5.74) is 6.09. The molecule has 0 N–H and O–H groups in total. The van der Waals surface area contributed by atoms with E-state index in [1.807, 2.05) is 0 Å². The lowest BCUT2D eigenvalue weighted by molar-refractivity contribution is 0.309. The summed E-state index contributed by atoms with van der Waals surface area (Å²) in [7, 11) is -1.25. The van der Waals surface area contributed by atoms with Crippen LogP contribution in [0.2, 0.25) is 0 Å². The fourth-order valence-corrected chi connectivity index (χ4v) is 9.60. The van der Waals surface area contributed by atoms with Gasteiger partial charge in [-0.1, -0.05) is 218 Å². The fourth-order valence-electron chi connectivity index (χ4n) is 9.60. The van der Waals surface area contributed by atoms with Crippen molar-refractivity contribution in [1.29, 1.82) is 0 Å². The van der Waals surface area contributed by atoms with Gasteiger partial charge >= 0.3 is 7.32 Å². The standard InChI is InChI=1S/C60H39BO3/c1-7-25-46-40(16-1)22-13-31-52(46)58-49-28-10-4-19-43(49)34-37-55(58)62-61(63-56-38-35-44-20-5-11-29-50(44)59(56)53-32-14-23-41-17-2-8-26-47(41)53)64-57-39-36-45-21-6-12-30-51(45)60(57)54-33-15-24-42-18-3-9-27-48(42)54/h1-39H. The lowest BCUT2D eigenvalue weighted by Crippen LogP contribution is -2.37. The summed E-state index contributed by atoms with van der Waals surface area (Å²) in [6.07, 6.45) is 0. The van der Waals surface area contributed by atoms with Gasteiger partial charge in [-0.2, -0.15) is 0 Å². The zero-order valence-electron chi connectivity index (χ0n) is 34.8. The zero-order valence-corrected chi connectivity index (χ0v) is 34.8. The maximum absolute atomic E-state index is 7.30. The van der Waals surface area contributed by atoms with E-state index in [1.165, 1.54) is 0 Å². The van der Waals surface area contributed by atoms with Gasteiger partial charge in [0.2, 0.25) is 0 Å². The second-order valence-electron chi connectivity index (χ2n) is 16.2. The van der Waals surface area contributed by atoms with Crippen LogP contribution in [-0.4, -0.2) is 7.32 Å². The molecule has 0 heterocycles. The van der Waals surface area contributed by atoms with Gasteiger partial charge in [0, 0.05) is 16.7 Å². The minimum absolute atomic E-state index is 0.639. The van der Waals surface area contributed by atoms with Crippen molar-refractivity contribution in [2.75, 3.05) is 0 Å². The molecule has 3 nitrogen and oxygen atoms in total. The minimum Gasteiger partial charge on any atom is -0.489 e. The molecule has 0 unspecified atom stereocenters. The highest BCUT2D eigenvalue weighted by atomic mass is 16.7. The van der Waals surface area contributed by atoms with Crippen LogP contribution in [-0.2, 0) is 0 Å². The number of fused-ring (bicyclic) bond motifs is 6. The Morgan fingerprint density at radius 1 is 0.203 bits per heavy atom. The van der Waals surface area contributed by atoms with E-state index in [0.717, 1.165) is 98.0 Å². The van der Waals surface area contributed by atoms with Gasteiger partial charge in [-0.15, -0.1) is 0 Å². The predicted molar refractivity (Wildman–Crippen MR) is 268 cm³/mol. The lowest BCUT2D eigenvalue weighted by atomic mass is 9.92. The van der Waals surface area contributed by atoms with Crippen LogP contribution in [0.1, 0.15) is 0 Å². The van der Waals surface area contributed by atoms with Crippen molar-refractivity contribution in [2.24, 2.45) is 0 Å². The van der Waals surface area contributed by atoms with E-state index in [9.17, 15) is 0 Å². The highest BCUT2D eigenvalue weighted by Crippen LogP contribution is 2.45. The highest BCUT2D eigenvalue weighted by molar-refractivity contribution is 6.40. The number of hydrogen-bond donors (Lipinski definition) is 0. The molecule has 0 fully saturated rings. The molecule has 300 valence electrons. The van der Waals surface area contributed by atoms with E-state index < -0.39 is 7.32 Å². The SMILES string of the molecule is c1ccc2c(-c3c(OB(Oc4ccc5ccccc5c4-c4cccc5ccccc45)Oc4ccc5ccccc5c4-c4cccc5ccccc45)ccc4ccccc34)cccc2c1. The normalized spacial score (nSPS) is 11.4. The van der Waals surface area contributed by atoms with Gasteiger partial charge in [0.15, 0.2) is 0 Å². The van der Waals surface area contributed by atoms with Crippen molar-refractivity contribution in [2.45, 2.75) is 0 Å². The third-order valence-electron chi connectivity index (χ3n) is 12.5. The van der Waals surface area contributed by atoms with E-state index in [4.69, 9.17) is 14.0 Å². The third-order valence-corrected chi connectivity index (χ3v) is 12.5. The minimum atomic E-state index is -1.25. The largest absolute Gasteiger partial charge is 0.864 e. The maximum atomic E-state index is 7.30. The number of rotatable bonds is 9. The van der Waals surface area contributed by atoms with Crippen molar-refractivity contribution in [3.05, 3.63) is 237 Å². The summed E-state index contributed by atoms with van der Waals surface area (Å²) in [6, 6.07) is 82.8. The van der Waals surface area contributed by atoms with Crippen LogP contribution in [0.5, 0.6) is 17.2 Å². The van der Waals surface area contributed by atoms with Gasteiger partial charge in [0.25, 0.3) is 0 Å². The first-order valence-corrected chi connectivity index (χ1v) is 21.7. The van der Waals surface area contributed by atoms with E-state index >= 15 is 0 Å². The van der Waals surface area contributed by atoms with Gasteiger partial charge in [0.1, 0.15) is 17.2 Å². The molecular formula is C60H39BO3. The second-order valence-corrected chi connectivity index (χ2v) is 16.2. The number of benzene rings is 12. The first-order chi connectivity index (χ1) is 31.7. The Hall–Kier alpha value is -8.34. The third kappa shape index (κ3) is 6.56. The molecule has 0 aliphatic heterocycles. The molecule has 0 spiro atoms. The summed E-state index contributed by atoms with van der Waals surface area (Å²) in [5, 5.41) is 13.4. The Morgan fingerprint density at radius 3 is 0.734 bits per heavy atom. The van der Waals surface area contributed by atoms with Gasteiger partial charge < -0.3 is 14.0 Å². The summed E-state index contributed by atoms with van der Waals surface area (Å²) in [6.45, 7) is 0. The first kappa shape index (κ1) is 37.4. The van der Waals surface area contributed by atoms with E-state index in [0.29, 0.717) is 17.2 Å². The predicted octanol–water partition coefficient (Wildman–Crippen LogP) is 16.1. The Balaban J connectivity index is 1.09. The van der Waals surface area contributed by atoms with Gasteiger partial charge in [-0.3, -0.25) is 0 Å². The Bertz CT molecular complexity index is 3340. The molecule has 4 heteroatoms. The molecular weight excluding hydrogens is 779 g/mol. The maximum Gasteiger partial charge on any atom is 0.864 e. The van der Waals surface area contributed by atoms with Crippen LogP contribution >= 0.6 is 0 Å². The molecule has 0 aromatic heterocycles. The van der Waals surface area contributed by atoms with Crippen LogP contribution < -0.4 is 14.0 Å². The quantitative estimate of drug-likeness (QED) is 0.136. The molecule has 0 saturated heterocycles. The first-order valence-electron chi connectivity index (χ1n) is 21.7. The smallest absolute Gasteiger partial charge is 0.489 e. The molecule has 0 aliphatic rings. The van der Waals surface area contributed by atoms with Gasteiger partial charge in [-0.25, -0.2) is 0 Å². The molecule has 0 radical (unpaired) electrons. The Morgan fingerprint density at radius 2 is 0.438 bits per heavy atom. The van der Waals surface area contributed by atoms with Gasteiger partial charge in [0.05, 0.1) is 0 Å². The summed E-state index contributed by atoms with van der Waals surface area (Å²) in [4.78, 5) is 0. The van der Waals surface area contributed by atoms with Crippen molar-refractivity contribution in [1.82, 2.24) is 0 Å². The van der Waals surface area contributed by atoms with Crippen LogP contribution in [0.4, 0.5) is 0 Å². The Labute approximate surface area is 371 Å². The van der Waals surface area contributed by atoms with Crippen molar-refractivity contribution in [3.8, 4) is 50.6 Å².